The Morgan fingerprint density at radius 2 is 1.36 bits per heavy atom. The number of hydrogen-bond donors (Lipinski definition) is 5. The van der Waals surface area contributed by atoms with E-state index >= 15 is 0 Å². The van der Waals surface area contributed by atoms with Crippen molar-refractivity contribution in [2.75, 3.05) is 46.0 Å². The van der Waals surface area contributed by atoms with Crippen LogP contribution in [0.2, 0.25) is 0 Å². The number of ketones is 3. The molecule has 2 heterocycles. The summed E-state index contributed by atoms with van der Waals surface area (Å²) in [5.74, 6) is -4.47. The Bertz CT molecular complexity index is 2390. The SMILES string of the molecule is CC(C)C[C@H](NC(=O)[C@H](CCc1ccccc1)CC(=O)C[N+]1(Cc2ccc(OC(=O)C(C)C)c(C(=O)NC/C(N)=C/N)c2)CCOCC1)C(=O)C[C@@H](Cc1ccccc1)C(=O)N[C@@H](CC(C)C)C(=O)[C@@]1(C)CO1. The van der Waals surface area contributed by atoms with Gasteiger partial charge in [0.25, 0.3) is 5.91 Å². The molecule has 5 atom stereocenters. The highest BCUT2D eigenvalue weighted by Crippen LogP contribution is 2.31. The number of epoxide rings is 1. The van der Waals surface area contributed by atoms with E-state index in [4.69, 9.17) is 25.7 Å². The minimum Gasteiger partial charge on any atom is -0.425 e. The summed E-state index contributed by atoms with van der Waals surface area (Å²) in [5, 5.41) is 8.79. The van der Waals surface area contributed by atoms with Crippen LogP contribution in [-0.2, 0) is 57.6 Å². The van der Waals surface area contributed by atoms with Crippen LogP contribution in [-0.4, -0.2) is 109 Å². The molecule has 7 N–H and O–H groups in total. The number of nitrogens with one attached hydrogen (secondary N) is 3. The number of nitrogens with zero attached hydrogens (tertiary/aromatic N) is 1. The Morgan fingerprint density at radius 1 is 0.767 bits per heavy atom. The maximum Gasteiger partial charge on any atom is 0.313 e. The lowest BCUT2D eigenvalue weighted by molar-refractivity contribution is -0.940. The molecule has 73 heavy (non-hydrogen) atoms. The first kappa shape index (κ1) is 57.7. The highest BCUT2D eigenvalue weighted by molar-refractivity contribution is 5.99. The Morgan fingerprint density at radius 3 is 1.95 bits per heavy atom. The molecule has 3 aromatic rings. The van der Waals surface area contributed by atoms with Gasteiger partial charge in [0.05, 0.1) is 49.9 Å². The third-order valence-electron chi connectivity index (χ3n) is 13.6. The molecule has 5 rings (SSSR count). The number of Topliss-reactive ketones (excluding diaryl/α,β-unsaturated/α-hetero) is 3. The number of hydrogen-bond acceptors (Lipinski definition) is 12. The lowest BCUT2D eigenvalue weighted by Crippen LogP contribution is -2.57. The standard InChI is InChI=1S/C57H78N6O10/c1-37(2)26-48(50(65)31-44(28-41-16-12-9-13-17-41)54(68)62-49(27-38(3)4)52(66)57(7)36-72-57)61-53(67)43(20-18-40-14-10-8-11-15-40)30-46(64)35-63(22-24-71-25-23-63)34-42-19-21-51(73-56(70)39(5)6)47(29-42)55(69)60-33-45(59)32-58/h8-17,19,21,29,32,37-39,43-44,48-49H,18,20,22-28,30-31,33-36,58-59H2,1-7H3,(H2-,60,61,62,67,68,69)/p+1/b45-32-/t43-,44-,48+,49+,57-/m1/s1. The molecule has 396 valence electrons. The highest BCUT2D eigenvalue weighted by atomic mass is 16.6. The van der Waals surface area contributed by atoms with Gasteiger partial charge in [0.1, 0.15) is 37.5 Å². The normalized spacial score (nSPS) is 18.0. The minimum atomic E-state index is -0.950. The second-order valence-corrected chi connectivity index (χ2v) is 21.3. The highest BCUT2D eigenvalue weighted by Gasteiger charge is 2.50. The first-order chi connectivity index (χ1) is 34.7. The zero-order chi connectivity index (χ0) is 53.3. The molecular formula is C57H79N6O10+. The number of carbonyl (C=O) groups is 7. The molecule has 16 nitrogen and oxygen atoms in total. The maximum atomic E-state index is 14.7. The van der Waals surface area contributed by atoms with Crippen molar-refractivity contribution in [1.82, 2.24) is 16.0 Å². The van der Waals surface area contributed by atoms with Gasteiger partial charge in [-0.25, -0.2) is 0 Å². The fourth-order valence-corrected chi connectivity index (χ4v) is 9.20. The minimum absolute atomic E-state index is 0.0121. The first-order valence-electron chi connectivity index (χ1n) is 25.8. The zero-order valence-electron chi connectivity index (χ0n) is 43.9. The number of nitrogens with two attached hydrogens (primary N) is 2. The van der Waals surface area contributed by atoms with Crippen LogP contribution in [0, 0.1) is 29.6 Å². The van der Waals surface area contributed by atoms with Gasteiger partial charge in [0, 0.05) is 42.1 Å². The number of ether oxygens (including phenoxy) is 3. The van der Waals surface area contributed by atoms with E-state index in [0.717, 1.165) is 11.1 Å². The molecule has 0 saturated carbocycles. The number of rotatable bonds is 29. The van der Waals surface area contributed by atoms with Crippen molar-refractivity contribution in [2.24, 2.45) is 41.1 Å². The van der Waals surface area contributed by atoms with Crippen molar-refractivity contribution in [3.8, 4) is 5.75 Å². The van der Waals surface area contributed by atoms with Gasteiger partial charge in [-0.3, -0.25) is 33.6 Å². The summed E-state index contributed by atoms with van der Waals surface area (Å²) in [6.45, 7) is 15.4. The van der Waals surface area contributed by atoms with E-state index in [0.29, 0.717) is 64.1 Å². The van der Waals surface area contributed by atoms with Crippen molar-refractivity contribution in [2.45, 2.75) is 118 Å². The summed E-state index contributed by atoms with van der Waals surface area (Å²) < 4.78 is 17.2. The second-order valence-electron chi connectivity index (χ2n) is 21.3. The summed E-state index contributed by atoms with van der Waals surface area (Å²) in [6.07, 6.45) is 2.70. The van der Waals surface area contributed by atoms with E-state index in [1.165, 1.54) is 6.20 Å². The molecule has 0 aromatic heterocycles. The van der Waals surface area contributed by atoms with Crippen LogP contribution in [0.5, 0.6) is 5.75 Å². The van der Waals surface area contributed by atoms with Crippen LogP contribution >= 0.6 is 0 Å². The summed E-state index contributed by atoms with van der Waals surface area (Å²) in [6, 6.07) is 22.4. The van der Waals surface area contributed by atoms with E-state index in [1.807, 2.05) is 88.4 Å². The molecule has 3 amide bonds. The average molecular weight is 1010 g/mol. The van der Waals surface area contributed by atoms with Gasteiger partial charge in [0.2, 0.25) is 11.8 Å². The van der Waals surface area contributed by atoms with Gasteiger partial charge in [-0.15, -0.1) is 0 Å². The Hall–Kier alpha value is -6.23. The molecule has 2 saturated heterocycles. The van der Waals surface area contributed by atoms with Crippen molar-refractivity contribution in [3.05, 3.63) is 113 Å². The summed E-state index contributed by atoms with van der Waals surface area (Å²) >= 11 is 0. The van der Waals surface area contributed by atoms with Gasteiger partial charge in [0.15, 0.2) is 17.3 Å². The van der Waals surface area contributed by atoms with Crippen LogP contribution in [0.3, 0.4) is 0 Å². The number of amides is 3. The molecule has 2 aliphatic rings. The van der Waals surface area contributed by atoms with E-state index in [2.05, 4.69) is 16.0 Å². The van der Waals surface area contributed by atoms with E-state index in [1.54, 1.807) is 39.0 Å². The molecule has 0 unspecified atom stereocenters. The van der Waals surface area contributed by atoms with Gasteiger partial charge in [-0.2, -0.15) is 0 Å². The molecule has 3 aromatic carbocycles. The third kappa shape index (κ3) is 18.0. The molecule has 2 fully saturated rings. The van der Waals surface area contributed by atoms with Crippen LogP contribution in [0.4, 0.5) is 0 Å². The Kier molecular flexibility index (Phi) is 21.5. The summed E-state index contributed by atoms with van der Waals surface area (Å²) in [4.78, 5) is 98.0. The lowest BCUT2D eigenvalue weighted by atomic mass is 9.87. The molecular weight excluding hydrogens is 929 g/mol. The van der Waals surface area contributed by atoms with Crippen molar-refractivity contribution >= 4 is 41.0 Å². The number of aryl methyl sites for hydroxylation is 1. The van der Waals surface area contributed by atoms with E-state index < -0.39 is 59.1 Å². The average Bonchev–Trinajstić information content (AvgIpc) is 4.12. The maximum absolute atomic E-state index is 14.7. The number of quaternary nitrogens is 1. The zero-order valence-corrected chi connectivity index (χ0v) is 43.9. The van der Waals surface area contributed by atoms with Gasteiger partial charge < -0.3 is 46.1 Å². The van der Waals surface area contributed by atoms with Crippen LogP contribution in [0.15, 0.2) is 90.8 Å². The van der Waals surface area contributed by atoms with Crippen molar-refractivity contribution in [3.63, 3.8) is 0 Å². The first-order valence-corrected chi connectivity index (χ1v) is 25.8. The molecule has 2 aliphatic heterocycles. The summed E-state index contributed by atoms with van der Waals surface area (Å²) in [5.41, 5.74) is 13.3. The van der Waals surface area contributed by atoms with E-state index in [9.17, 15) is 33.6 Å². The Balaban J connectivity index is 1.39. The molecule has 0 aliphatic carbocycles. The number of carbonyl (C=O) groups excluding carboxylic acids is 7. The number of esters is 1. The Labute approximate surface area is 431 Å². The van der Waals surface area contributed by atoms with Gasteiger partial charge >= 0.3 is 5.97 Å². The predicted octanol–water partition coefficient (Wildman–Crippen LogP) is 5.53. The van der Waals surface area contributed by atoms with Crippen LogP contribution < -0.4 is 32.2 Å². The lowest BCUT2D eigenvalue weighted by Gasteiger charge is -2.41. The third-order valence-corrected chi connectivity index (χ3v) is 13.6. The summed E-state index contributed by atoms with van der Waals surface area (Å²) in [7, 11) is 0. The van der Waals surface area contributed by atoms with Gasteiger partial charge in [-0.1, -0.05) is 102 Å². The quantitative estimate of drug-likeness (QED) is 0.0250. The molecule has 0 radical (unpaired) electrons. The number of morpholine rings is 1. The smallest absolute Gasteiger partial charge is 0.313 e. The fourth-order valence-electron chi connectivity index (χ4n) is 9.20. The fraction of sp³-hybridized carbons (Fsp3) is 0.526. The molecule has 0 spiro atoms. The molecule has 16 heteroatoms. The largest absolute Gasteiger partial charge is 0.425 e. The van der Waals surface area contributed by atoms with Gasteiger partial charge in [-0.05, 0) is 80.2 Å². The van der Waals surface area contributed by atoms with Crippen LogP contribution in [0.1, 0.15) is 108 Å². The predicted molar refractivity (Wildman–Crippen MR) is 278 cm³/mol. The topological polar surface area (TPSA) is 239 Å². The van der Waals surface area contributed by atoms with Crippen LogP contribution in [0.25, 0.3) is 0 Å². The van der Waals surface area contributed by atoms with Crippen molar-refractivity contribution < 1.29 is 52.3 Å². The van der Waals surface area contributed by atoms with E-state index in [-0.39, 0.29) is 89.6 Å². The number of benzene rings is 3. The molecule has 0 bridgehead atoms. The van der Waals surface area contributed by atoms with Crippen molar-refractivity contribution in [1.29, 1.82) is 0 Å². The monoisotopic (exact) mass is 1010 g/mol. The second kappa shape index (κ2) is 27.2.